The molecule has 106 valence electrons. The fraction of sp³-hybridized carbons (Fsp3) is 0.231. The Morgan fingerprint density at radius 2 is 2.10 bits per heavy atom. The van der Waals surface area contributed by atoms with E-state index >= 15 is 0 Å². The molecule has 0 aliphatic carbocycles. The first kappa shape index (κ1) is 14.0. The molecule has 7 heteroatoms. The number of phenols is 1. The number of halogens is 2. The number of aromatic hydroxyl groups is 1. The molecule has 0 amide bonds. The summed E-state index contributed by atoms with van der Waals surface area (Å²) in [7, 11) is 0. The van der Waals surface area contributed by atoms with Crippen LogP contribution < -0.4 is 5.63 Å². The van der Waals surface area contributed by atoms with Gasteiger partial charge in [-0.1, -0.05) is 0 Å². The molecule has 2 aromatic rings. The molecule has 2 rings (SSSR count). The zero-order valence-electron chi connectivity index (χ0n) is 10.6. The monoisotopic (exact) mass is 284 g/mol. The smallest absolute Gasteiger partial charge is 0.351 e. The van der Waals surface area contributed by atoms with Gasteiger partial charge >= 0.3 is 11.6 Å². The van der Waals surface area contributed by atoms with Gasteiger partial charge < -0.3 is 14.3 Å². The number of benzene rings is 1. The second kappa shape index (κ2) is 4.92. The van der Waals surface area contributed by atoms with Gasteiger partial charge in [0.2, 0.25) is 5.82 Å². The Balaban J connectivity index is 2.86. The van der Waals surface area contributed by atoms with Crippen molar-refractivity contribution in [3.05, 3.63) is 39.2 Å². The highest BCUT2D eigenvalue weighted by Gasteiger charge is 2.23. The molecule has 20 heavy (non-hydrogen) atoms. The Morgan fingerprint density at radius 1 is 1.45 bits per heavy atom. The quantitative estimate of drug-likeness (QED) is 0.676. The number of fused-ring (bicyclic) bond motifs is 1. The predicted molar refractivity (Wildman–Crippen MR) is 64.8 cm³/mol. The molecule has 1 N–H and O–H groups in total. The maximum atomic E-state index is 13.7. The highest BCUT2D eigenvalue weighted by atomic mass is 19.1. The minimum absolute atomic E-state index is 0.0208. The normalized spacial score (nSPS) is 10.8. The molecule has 0 radical (unpaired) electrons. The van der Waals surface area contributed by atoms with Crippen molar-refractivity contribution < 1.29 is 27.8 Å². The fourth-order valence-corrected chi connectivity index (χ4v) is 1.84. The number of carbonyl (C=O) groups is 1. The first-order valence-electron chi connectivity index (χ1n) is 5.70. The van der Waals surface area contributed by atoms with E-state index in [1.165, 1.54) is 6.92 Å². The van der Waals surface area contributed by atoms with Gasteiger partial charge in [0.1, 0.15) is 5.56 Å². The van der Waals surface area contributed by atoms with Crippen LogP contribution in [0.5, 0.6) is 5.75 Å². The molecular formula is C13H10F2O5. The topological polar surface area (TPSA) is 76.7 Å². The van der Waals surface area contributed by atoms with E-state index < -0.39 is 40.1 Å². The van der Waals surface area contributed by atoms with Crippen molar-refractivity contribution in [3.63, 3.8) is 0 Å². The van der Waals surface area contributed by atoms with Crippen LogP contribution in [0.1, 0.15) is 22.8 Å². The number of phenolic OH excluding ortho intramolecular Hbond substituents is 1. The molecule has 0 saturated heterocycles. The molecule has 0 aliphatic heterocycles. The maximum absolute atomic E-state index is 13.7. The van der Waals surface area contributed by atoms with E-state index in [9.17, 15) is 18.4 Å². The average molecular weight is 284 g/mol. The summed E-state index contributed by atoms with van der Waals surface area (Å²) in [6.45, 7) is 2.92. The van der Waals surface area contributed by atoms with Gasteiger partial charge in [-0.3, -0.25) is 0 Å². The van der Waals surface area contributed by atoms with Gasteiger partial charge in [0.05, 0.1) is 6.61 Å². The van der Waals surface area contributed by atoms with Crippen molar-refractivity contribution in [2.45, 2.75) is 13.8 Å². The third-order valence-corrected chi connectivity index (χ3v) is 2.81. The number of carbonyl (C=O) groups excluding carboxylic acids is 1. The lowest BCUT2D eigenvalue weighted by atomic mass is 10.1. The highest BCUT2D eigenvalue weighted by Crippen LogP contribution is 2.30. The minimum atomic E-state index is -1.39. The number of hydrogen-bond acceptors (Lipinski definition) is 5. The van der Waals surface area contributed by atoms with Crippen LogP contribution in [0.4, 0.5) is 8.78 Å². The molecule has 0 fully saturated rings. The van der Waals surface area contributed by atoms with Gasteiger partial charge in [-0.2, -0.15) is 4.39 Å². The van der Waals surface area contributed by atoms with Gasteiger partial charge in [-0.15, -0.1) is 0 Å². The van der Waals surface area contributed by atoms with E-state index in [1.807, 2.05) is 0 Å². The Kier molecular flexibility index (Phi) is 3.44. The second-order valence-corrected chi connectivity index (χ2v) is 4.01. The summed E-state index contributed by atoms with van der Waals surface area (Å²) in [5, 5.41) is 9.02. The average Bonchev–Trinajstić information content (AvgIpc) is 2.38. The molecule has 0 aliphatic rings. The standard InChI is InChI=1S/C13H10F2O5/c1-3-19-12(17)8-5(2)6-4-7(14)10(16)9(15)11(6)20-13(8)18/h4,16H,3H2,1-2H3. The maximum Gasteiger partial charge on any atom is 0.351 e. The van der Waals surface area contributed by atoms with Crippen molar-refractivity contribution in [2.24, 2.45) is 0 Å². The van der Waals surface area contributed by atoms with Gasteiger partial charge in [-0.05, 0) is 25.5 Å². The van der Waals surface area contributed by atoms with Crippen LogP contribution in [0.3, 0.4) is 0 Å². The Hall–Kier alpha value is -2.44. The summed E-state index contributed by atoms with van der Waals surface area (Å²) in [6, 6.07) is 0.786. The van der Waals surface area contributed by atoms with Gasteiger partial charge in [0.15, 0.2) is 17.1 Å². The van der Waals surface area contributed by atoms with Crippen molar-refractivity contribution in [2.75, 3.05) is 6.61 Å². The third-order valence-electron chi connectivity index (χ3n) is 2.81. The van der Waals surface area contributed by atoms with E-state index in [4.69, 9.17) is 5.11 Å². The lowest BCUT2D eigenvalue weighted by molar-refractivity contribution is 0.0521. The number of rotatable bonds is 2. The molecule has 1 aromatic heterocycles. The van der Waals surface area contributed by atoms with Crippen LogP contribution in [0.15, 0.2) is 15.3 Å². The van der Waals surface area contributed by atoms with Crippen LogP contribution in [-0.2, 0) is 4.74 Å². The summed E-state index contributed by atoms with van der Waals surface area (Å²) in [5.74, 6) is -4.80. The van der Waals surface area contributed by atoms with Crippen molar-refractivity contribution in [3.8, 4) is 5.75 Å². The molecular weight excluding hydrogens is 274 g/mol. The third kappa shape index (κ3) is 2.01. The summed E-state index contributed by atoms with van der Waals surface area (Å²) >= 11 is 0. The molecule has 0 bridgehead atoms. The highest BCUT2D eigenvalue weighted by molar-refractivity contribution is 5.96. The zero-order valence-corrected chi connectivity index (χ0v) is 10.6. The Labute approximate surface area is 111 Å². The van der Waals surface area contributed by atoms with Gasteiger partial charge in [0, 0.05) is 5.39 Å². The summed E-state index contributed by atoms with van der Waals surface area (Å²) in [6.07, 6.45) is 0. The summed E-state index contributed by atoms with van der Waals surface area (Å²) in [5.41, 5.74) is -2.13. The molecule has 1 heterocycles. The predicted octanol–water partition coefficient (Wildman–Crippen LogP) is 2.26. The van der Waals surface area contributed by atoms with E-state index in [1.54, 1.807) is 6.92 Å². The molecule has 0 saturated carbocycles. The van der Waals surface area contributed by atoms with Crippen LogP contribution in [0, 0.1) is 18.6 Å². The minimum Gasteiger partial charge on any atom is -0.503 e. The Bertz CT molecular complexity index is 764. The number of esters is 1. The van der Waals surface area contributed by atoms with Crippen LogP contribution in [0.2, 0.25) is 0 Å². The number of aryl methyl sites for hydroxylation is 1. The molecule has 0 unspecified atom stereocenters. The van der Waals surface area contributed by atoms with Crippen molar-refractivity contribution in [1.82, 2.24) is 0 Å². The van der Waals surface area contributed by atoms with E-state index in [-0.39, 0.29) is 17.6 Å². The first-order chi connectivity index (χ1) is 9.38. The molecule has 0 atom stereocenters. The zero-order chi connectivity index (χ0) is 15.0. The first-order valence-corrected chi connectivity index (χ1v) is 5.70. The molecule has 5 nitrogen and oxygen atoms in total. The summed E-state index contributed by atoms with van der Waals surface area (Å²) < 4.78 is 36.3. The number of ether oxygens (including phenoxy) is 1. The van der Waals surface area contributed by atoms with Crippen LogP contribution in [0.25, 0.3) is 11.0 Å². The van der Waals surface area contributed by atoms with Crippen LogP contribution >= 0.6 is 0 Å². The molecule has 0 spiro atoms. The largest absolute Gasteiger partial charge is 0.503 e. The lowest BCUT2D eigenvalue weighted by Gasteiger charge is -2.08. The van der Waals surface area contributed by atoms with E-state index in [0.29, 0.717) is 0 Å². The van der Waals surface area contributed by atoms with Crippen molar-refractivity contribution in [1.29, 1.82) is 0 Å². The second-order valence-electron chi connectivity index (χ2n) is 4.01. The lowest BCUT2D eigenvalue weighted by Crippen LogP contribution is -2.19. The van der Waals surface area contributed by atoms with Gasteiger partial charge in [-0.25, -0.2) is 14.0 Å². The summed E-state index contributed by atoms with van der Waals surface area (Å²) in [4.78, 5) is 23.4. The number of hydrogen-bond donors (Lipinski definition) is 1. The van der Waals surface area contributed by atoms with Crippen molar-refractivity contribution >= 4 is 16.9 Å². The van der Waals surface area contributed by atoms with E-state index in [2.05, 4.69) is 9.15 Å². The fourth-order valence-electron chi connectivity index (χ4n) is 1.84. The SMILES string of the molecule is CCOC(=O)c1c(C)c2cc(F)c(O)c(F)c2oc1=O. The van der Waals surface area contributed by atoms with Crippen LogP contribution in [-0.4, -0.2) is 17.7 Å². The van der Waals surface area contributed by atoms with E-state index in [0.717, 1.165) is 6.07 Å². The Morgan fingerprint density at radius 3 is 2.70 bits per heavy atom. The van der Waals surface area contributed by atoms with Gasteiger partial charge in [0.25, 0.3) is 0 Å². The molecule has 1 aromatic carbocycles.